The average molecular weight is 423 g/mol. The summed E-state index contributed by atoms with van der Waals surface area (Å²) >= 11 is 9.14. The Morgan fingerprint density at radius 1 is 1.04 bits per heavy atom. The second kappa shape index (κ2) is 11.2. The van der Waals surface area contributed by atoms with E-state index in [4.69, 9.17) is 12.2 Å². The minimum absolute atomic E-state index is 0.689. The quantitative estimate of drug-likeness (QED) is 0.352. The first-order valence-electron chi connectivity index (χ1n) is 8.05. The standard InChI is InChI=1S/C18H20N4S.ClH.Cu/c23-18(22-13-7-2-8-14-22)21-20-17(15-9-3-1-4-10-15)16-11-5-6-12-19-16;;/h1,3-6,9-12H,2,7-8,13-14H2,(H,21,23);1H;/q;;+2/p-1. The molecule has 1 aromatic heterocycles. The molecule has 0 aliphatic carbocycles. The predicted octanol–water partition coefficient (Wildman–Crippen LogP) is 3.88. The van der Waals surface area contributed by atoms with Crippen LogP contribution in [0.25, 0.3) is 0 Å². The molecule has 2 aromatic rings. The van der Waals surface area contributed by atoms with Gasteiger partial charge in [-0.05, 0) is 43.6 Å². The van der Waals surface area contributed by atoms with E-state index < -0.39 is 0 Å². The van der Waals surface area contributed by atoms with Gasteiger partial charge in [-0.15, -0.1) is 0 Å². The number of hydrogen-bond donors (Lipinski definition) is 1. The minimum atomic E-state index is 0.689. The van der Waals surface area contributed by atoms with Crippen LogP contribution in [0.15, 0.2) is 59.8 Å². The summed E-state index contributed by atoms with van der Waals surface area (Å²) in [5, 5.41) is 5.25. The molecule has 1 aliphatic rings. The molecule has 0 bridgehead atoms. The molecule has 0 radical (unpaired) electrons. The van der Waals surface area contributed by atoms with Crippen LogP contribution in [-0.4, -0.2) is 33.8 Å². The van der Waals surface area contributed by atoms with Gasteiger partial charge in [-0.1, -0.05) is 36.4 Å². The Labute approximate surface area is 166 Å². The van der Waals surface area contributed by atoms with E-state index in [-0.39, 0.29) is 0 Å². The molecule has 1 aliphatic heterocycles. The topological polar surface area (TPSA) is 40.5 Å². The van der Waals surface area contributed by atoms with Gasteiger partial charge in [0.05, 0.1) is 5.69 Å². The number of likely N-dealkylation sites (tertiary alicyclic amines) is 1. The Morgan fingerprint density at radius 2 is 1.72 bits per heavy atom. The van der Waals surface area contributed by atoms with Gasteiger partial charge in [0, 0.05) is 24.8 Å². The molecule has 0 spiro atoms. The summed E-state index contributed by atoms with van der Waals surface area (Å²) in [5.74, 6) is 0. The molecule has 4 nitrogen and oxygen atoms in total. The van der Waals surface area contributed by atoms with Crippen molar-refractivity contribution in [1.82, 2.24) is 15.3 Å². The summed E-state index contributed by atoms with van der Waals surface area (Å²) in [4.78, 5) is 6.60. The molecule has 25 heavy (non-hydrogen) atoms. The number of halogens is 1. The van der Waals surface area contributed by atoms with Crippen molar-refractivity contribution < 1.29 is 15.1 Å². The molecule has 135 valence electrons. The van der Waals surface area contributed by atoms with Gasteiger partial charge in [-0.2, -0.15) is 5.10 Å². The summed E-state index contributed by atoms with van der Waals surface area (Å²) in [7, 11) is 4.20. The van der Waals surface area contributed by atoms with Gasteiger partial charge in [0.1, 0.15) is 5.71 Å². The number of aromatic nitrogens is 1. The number of thiocarbonyl (C=S) groups is 1. The number of hydrazone groups is 1. The molecule has 2 heterocycles. The molecule has 3 rings (SSSR count). The summed E-state index contributed by atoms with van der Waals surface area (Å²) in [5.41, 5.74) is 5.69. The zero-order valence-corrected chi connectivity index (χ0v) is 16.2. The van der Waals surface area contributed by atoms with Crippen LogP contribution >= 0.6 is 22.3 Å². The van der Waals surface area contributed by atoms with E-state index in [1.807, 2.05) is 48.5 Å². The average Bonchev–Trinajstić information content (AvgIpc) is 2.72. The van der Waals surface area contributed by atoms with E-state index in [1.54, 1.807) is 6.20 Å². The van der Waals surface area contributed by atoms with Crippen molar-refractivity contribution in [2.45, 2.75) is 19.3 Å². The van der Waals surface area contributed by atoms with Crippen LogP contribution in [0.3, 0.4) is 0 Å². The van der Waals surface area contributed by atoms with E-state index in [0.717, 1.165) is 30.1 Å². The first-order chi connectivity index (χ1) is 12.3. The zero-order chi connectivity index (χ0) is 17.9. The number of nitrogens with zero attached hydrogens (tertiary/aromatic N) is 3. The van der Waals surface area contributed by atoms with Gasteiger partial charge in [0.25, 0.3) is 0 Å². The maximum absolute atomic E-state index is 5.48. The molecule has 0 atom stereocenters. The third-order valence-electron chi connectivity index (χ3n) is 3.86. The predicted molar refractivity (Wildman–Crippen MR) is 103 cm³/mol. The number of piperidine rings is 1. The normalized spacial score (nSPS) is 14.4. The monoisotopic (exact) mass is 422 g/mol. The van der Waals surface area contributed by atoms with Crippen molar-refractivity contribution >= 4 is 33.1 Å². The Hall–Kier alpha value is -1.46. The van der Waals surface area contributed by atoms with Crippen molar-refractivity contribution in [2.75, 3.05) is 13.1 Å². The Balaban J connectivity index is 0.00000109. The van der Waals surface area contributed by atoms with Crippen molar-refractivity contribution in [3.63, 3.8) is 0 Å². The second-order valence-electron chi connectivity index (χ2n) is 5.51. The third-order valence-corrected chi connectivity index (χ3v) is 4.21. The second-order valence-corrected chi connectivity index (χ2v) is 5.89. The number of benzene rings is 1. The Kier molecular flexibility index (Phi) is 8.91. The summed E-state index contributed by atoms with van der Waals surface area (Å²) in [6.07, 6.45) is 5.44. The van der Waals surface area contributed by atoms with Crippen LogP contribution < -0.4 is 5.43 Å². The molecular weight excluding hydrogens is 403 g/mol. The molecule has 0 saturated carbocycles. The van der Waals surface area contributed by atoms with Gasteiger partial charge in [0.2, 0.25) is 0 Å². The van der Waals surface area contributed by atoms with Gasteiger partial charge in [-0.3, -0.25) is 10.4 Å². The van der Waals surface area contributed by atoms with Gasteiger partial charge < -0.3 is 4.90 Å². The third kappa shape index (κ3) is 6.08. The molecular formula is C18H20ClCuN4S+. The van der Waals surface area contributed by atoms with Crippen LogP contribution in [0.1, 0.15) is 30.5 Å². The van der Waals surface area contributed by atoms with Gasteiger partial charge in [0.15, 0.2) is 5.11 Å². The van der Waals surface area contributed by atoms with Crippen LogP contribution in [0.4, 0.5) is 0 Å². The van der Waals surface area contributed by atoms with Crippen molar-refractivity contribution in [2.24, 2.45) is 5.10 Å². The Morgan fingerprint density at radius 3 is 2.36 bits per heavy atom. The molecule has 1 aromatic carbocycles. The molecule has 1 fully saturated rings. The fraction of sp³-hybridized carbons (Fsp3) is 0.278. The number of pyridine rings is 1. The van der Waals surface area contributed by atoms with E-state index >= 15 is 0 Å². The van der Waals surface area contributed by atoms with E-state index in [9.17, 15) is 0 Å². The first-order valence-corrected chi connectivity index (χ1v) is 9.76. The molecule has 7 heteroatoms. The van der Waals surface area contributed by atoms with Crippen LogP contribution in [0.5, 0.6) is 0 Å². The van der Waals surface area contributed by atoms with E-state index in [1.165, 1.54) is 19.3 Å². The van der Waals surface area contributed by atoms with E-state index in [2.05, 4.69) is 45.6 Å². The zero-order valence-electron chi connectivity index (χ0n) is 13.7. The van der Waals surface area contributed by atoms with Gasteiger partial charge in [-0.25, -0.2) is 0 Å². The summed E-state index contributed by atoms with van der Waals surface area (Å²) < 4.78 is 0. The summed E-state index contributed by atoms with van der Waals surface area (Å²) in [6.45, 7) is 2.01. The maximum atomic E-state index is 5.48. The fourth-order valence-corrected chi connectivity index (χ4v) is 2.87. The van der Waals surface area contributed by atoms with Gasteiger partial charge >= 0.3 is 25.2 Å². The summed E-state index contributed by atoms with van der Waals surface area (Å²) in [6, 6.07) is 15.9. The molecule has 0 amide bonds. The number of rotatable bonds is 3. The van der Waals surface area contributed by atoms with E-state index in [0.29, 0.717) is 5.11 Å². The van der Waals surface area contributed by atoms with Crippen molar-refractivity contribution in [3.05, 3.63) is 66.0 Å². The fourth-order valence-electron chi connectivity index (χ4n) is 2.64. The van der Waals surface area contributed by atoms with Crippen molar-refractivity contribution in [1.29, 1.82) is 0 Å². The Bertz CT molecular complexity index is 634. The number of hydrogen-bond acceptors (Lipinski definition) is 3. The first kappa shape index (κ1) is 19.9. The molecule has 1 N–H and O–H groups in total. The van der Waals surface area contributed by atoms with Crippen LogP contribution in [-0.2, 0) is 15.1 Å². The molecule has 0 unspecified atom stereocenters. The molecule has 1 saturated heterocycles. The number of nitrogens with one attached hydrogen (secondary N) is 1. The van der Waals surface area contributed by atoms with Crippen LogP contribution in [0, 0.1) is 0 Å². The van der Waals surface area contributed by atoms with Crippen molar-refractivity contribution in [3.8, 4) is 0 Å². The SMILES string of the molecule is S=C(NN=C(c1ccccc1)c1ccccn1)N1CCCCC1.[Cl][Cu+]. The van der Waals surface area contributed by atoms with Crippen LogP contribution in [0.2, 0.25) is 0 Å².